The second kappa shape index (κ2) is 5.42. The van der Waals surface area contributed by atoms with Crippen molar-refractivity contribution < 1.29 is 0 Å². The zero-order chi connectivity index (χ0) is 12.3. The number of halogens is 1. The first kappa shape index (κ1) is 12.3. The Morgan fingerprint density at radius 3 is 2.76 bits per heavy atom. The summed E-state index contributed by atoms with van der Waals surface area (Å²) < 4.78 is 2.14. The van der Waals surface area contributed by atoms with Crippen LogP contribution in [0.3, 0.4) is 0 Å². The van der Waals surface area contributed by atoms with Crippen molar-refractivity contribution in [3.05, 3.63) is 62.3 Å². The van der Waals surface area contributed by atoms with Crippen LogP contribution in [0.4, 0.5) is 0 Å². The third kappa shape index (κ3) is 2.92. The van der Waals surface area contributed by atoms with E-state index >= 15 is 0 Å². The first-order chi connectivity index (χ1) is 8.18. The zero-order valence-electron chi connectivity index (χ0n) is 9.08. The normalized spacial score (nSPS) is 12.4. The van der Waals surface area contributed by atoms with E-state index < -0.39 is 0 Å². The Morgan fingerprint density at radius 2 is 2.06 bits per heavy atom. The predicted molar refractivity (Wildman–Crippen MR) is 74.6 cm³/mol. The van der Waals surface area contributed by atoms with Gasteiger partial charge in [-0.3, -0.25) is 9.36 Å². The maximum absolute atomic E-state index is 11.8. The van der Waals surface area contributed by atoms with E-state index in [1.807, 2.05) is 52.9 Å². The highest BCUT2D eigenvalue weighted by Crippen LogP contribution is 2.10. The lowest BCUT2D eigenvalue weighted by Crippen LogP contribution is -2.28. The fourth-order valence-electron chi connectivity index (χ4n) is 1.57. The Bertz CT molecular complexity index is 553. The Morgan fingerprint density at radius 1 is 1.35 bits per heavy atom. The van der Waals surface area contributed by atoms with Crippen LogP contribution in [0.2, 0.25) is 0 Å². The maximum Gasteiger partial charge on any atom is 0.266 e. The van der Waals surface area contributed by atoms with Crippen molar-refractivity contribution in [3.63, 3.8) is 0 Å². The summed E-state index contributed by atoms with van der Waals surface area (Å²) in [6.07, 6.45) is 3.07. The lowest BCUT2D eigenvalue weighted by Gasteiger charge is -2.13. The minimum absolute atomic E-state index is 0.0491. The molecule has 5 heteroatoms. The van der Waals surface area contributed by atoms with Crippen molar-refractivity contribution in [2.45, 2.75) is 12.6 Å². The van der Waals surface area contributed by atoms with E-state index in [2.05, 4.69) is 4.98 Å². The Labute approximate surface area is 113 Å². The zero-order valence-corrected chi connectivity index (χ0v) is 11.2. The summed E-state index contributed by atoms with van der Waals surface area (Å²) in [6.45, 7) is 0.437. The summed E-state index contributed by atoms with van der Waals surface area (Å²) in [7, 11) is 0. The average Bonchev–Trinajstić information content (AvgIpc) is 2.36. The maximum atomic E-state index is 11.8. The van der Waals surface area contributed by atoms with E-state index in [1.54, 1.807) is 10.8 Å². The molecular formula is C12H12IN3O. The lowest BCUT2D eigenvalue weighted by molar-refractivity contribution is 0.552. The Hall–Kier alpha value is -1.21. The summed E-state index contributed by atoms with van der Waals surface area (Å²) in [5, 5.41) is 0. The van der Waals surface area contributed by atoms with E-state index in [0.717, 1.165) is 5.56 Å². The Kier molecular flexibility index (Phi) is 3.90. The molecule has 0 aliphatic carbocycles. The number of hydrogen-bond acceptors (Lipinski definition) is 3. The van der Waals surface area contributed by atoms with Crippen LogP contribution in [0.15, 0.2) is 47.7 Å². The van der Waals surface area contributed by atoms with Crippen molar-refractivity contribution in [1.82, 2.24) is 9.55 Å². The molecule has 0 amide bonds. The van der Waals surface area contributed by atoms with Crippen molar-refractivity contribution in [2.24, 2.45) is 5.73 Å². The minimum Gasteiger partial charge on any atom is -0.322 e. The largest absolute Gasteiger partial charge is 0.322 e. The summed E-state index contributed by atoms with van der Waals surface area (Å²) >= 11 is 1.97. The monoisotopic (exact) mass is 341 g/mol. The minimum atomic E-state index is -0.200. The van der Waals surface area contributed by atoms with Crippen molar-refractivity contribution in [1.29, 1.82) is 0 Å². The molecule has 0 spiro atoms. The molecule has 1 aromatic heterocycles. The molecule has 0 radical (unpaired) electrons. The van der Waals surface area contributed by atoms with E-state index in [4.69, 9.17) is 5.73 Å². The van der Waals surface area contributed by atoms with Gasteiger partial charge in [-0.05, 0) is 28.2 Å². The molecule has 0 fully saturated rings. The predicted octanol–water partition coefficient (Wildman–Crippen LogP) is 1.55. The summed E-state index contributed by atoms with van der Waals surface area (Å²) in [6, 6.07) is 9.52. The molecule has 2 aromatic rings. The molecule has 2 rings (SSSR count). The van der Waals surface area contributed by atoms with Gasteiger partial charge in [-0.2, -0.15) is 0 Å². The van der Waals surface area contributed by atoms with Gasteiger partial charge in [0.25, 0.3) is 5.56 Å². The van der Waals surface area contributed by atoms with Crippen LogP contribution in [0.25, 0.3) is 0 Å². The van der Waals surface area contributed by atoms with Crippen molar-refractivity contribution in [2.75, 3.05) is 0 Å². The van der Waals surface area contributed by atoms with Gasteiger partial charge in [0.05, 0.1) is 9.90 Å². The lowest BCUT2D eigenvalue weighted by atomic mass is 10.1. The topological polar surface area (TPSA) is 60.9 Å². The number of benzene rings is 1. The third-order valence-corrected chi connectivity index (χ3v) is 3.22. The van der Waals surface area contributed by atoms with Gasteiger partial charge in [-0.1, -0.05) is 30.3 Å². The molecular weight excluding hydrogens is 329 g/mol. The molecule has 0 aliphatic rings. The van der Waals surface area contributed by atoms with Gasteiger partial charge in [0, 0.05) is 18.8 Å². The molecule has 1 unspecified atom stereocenters. The Balaban J connectivity index is 2.22. The standard InChI is InChI=1S/C12H12IN3O/c13-10-6-15-8-16(12(10)17)7-11(14)9-4-2-1-3-5-9/h1-6,8,11H,7,14H2. The molecule has 1 heterocycles. The second-order valence-corrected chi connectivity index (χ2v) is 4.88. The van der Waals surface area contributed by atoms with E-state index in [9.17, 15) is 4.79 Å². The molecule has 4 nitrogen and oxygen atoms in total. The molecule has 0 bridgehead atoms. The molecule has 2 N–H and O–H groups in total. The quantitative estimate of drug-likeness (QED) is 0.862. The van der Waals surface area contributed by atoms with Crippen LogP contribution in [0.5, 0.6) is 0 Å². The highest BCUT2D eigenvalue weighted by molar-refractivity contribution is 14.1. The number of nitrogens with two attached hydrogens (primary N) is 1. The number of hydrogen-bond donors (Lipinski definition) is 1. The van der Waals surface area contributed by atoms with Gasteiger partial charge in [0.15, 0.2) is 0 Å². The first-order valence-corrected chi connectivity index (χ1v) is 6.27. The molecule has 17 heavy (non-hydrogen) atoms. The van der Waals surface area contributed by atoms with Crippen LogP contribution < -0.4 is 11.3 Å². The van der Waals surface area contributed by atoms with Gasteiger partial charge in [-0.15, -0.1) is 0 Å². The SMILES string of the molecule is NC(Cn1cncc(I)c1=O)c1ccccc1. The molecule has 0 aliphatic heterocycles. The van der Waals surface area contributed by atoms with Gasteiger partial charge in [0.2, 0.25) is 0 Å². The molecule has 1 aromatic carbocycles. The van der Waals surface area contributed by atoms with Crippen LogP contribution >= 0.6 is 22.6 Å². The van der Waals surface area contributed by atoms with Gasteiger partial charge in [-0.25, -0.2) is 4.98 Å². The average molecular weight is 341 g/mol. The number of aromatic nitrogens is 2. The first-order valence-electron chi connectivity index (χ1n) is 5.19. The molecule has 88 valence electrons. The van der Waals surface area contributed by atoms with Crippen LogP contribution in [-0.4, -0.2) is 9.55 Å². The van der Waals surface area contributed by atoms with Crippen LogP contribution in [0, 0.1) is 3.57 Å². The van der Waals surface area contributed by atoms with Crippen LogP contribution in [-0.2, 0) is 6.54 Å². The highest BCUT2D eigenvalue weighted by Gasteiger charge is 2.08. The van der Waals surface area contributed by atoms with Crippen molar-refractivity contribution in [3.8, 4) is 0 Å². The summed E-state index contributed by atoms with van der Waals surface area (Å²) in [5.74, 6) is 0. The summed E-state index contributed by atoms with van der Waals surface area (Å²) in [5.41, 5.74) is 7.02. The van der Waals surface area contributed by atoms with E-state index in [1.165, 1.54) is 6.33 Å². The third-order valence-electron chi connectivity index (χ3n) is 2.48. The van der Waals surface area contributed by atoms with Gasteiger partial charge >= 0.3 is 0 Å². The smallest absolute Gasteiger partial charge is 0.266 e. The fourth-order valence-corrected chi connectivity index (χ4v) is 2.04. The molecule has 1 atom stereocenters. The second-order valence-electron chi connectivity index (χ2n) is 3.72. The highest BCUT2D eigenvalue weighted by atomic mass is 127. The fraction of sp³-hybridized carbons (Fsp3) is 0.167. The summed E-state index contributed by atoms with van der Waals surface area (Å²) in [4.78, 5) is 15.8. The van der Waals surface area contributed by atoms with E-state index in [0.29, 0.717) is 10.1 Å². The van der Waals surface area contributed by atoms with Gasteiger partial charge < -0.3 is 5.73 Å². The van der Waals surface area contributed by atoms with Crippen LogP contribution in [0.1, 0.15) is 11.6 Å². The van der Waals surface area contributed by atoms with Crippen molar-refractivity contribution >= 4 is 22.6 Å². The molecule has 0 saturated carbocycles. The molecule has 0 saturated heterocycles. The van der Waals surface area contributed by atoms with E-state index in [-0.39, 0.29) is 11.6 Å². The number of rotatable bonds is 3. The number of nitrogens with zero attached hydrogens (tertiary/aromatic N) is 2. The van der Waals surface area contributed by atoms with Gasteiger partial charge in [0.1, 0.15) is 0 Å².